The standard InChI is InChI=1S/C9H24N4.C7H19N3.2C5H14N2.3C2H7N.CH4/c1-10(2)7-12(5)9-13(6)8-11(3)4;1-8(2)6-10(5)7-9(3)4;2*1-6(2)5-7(3)4;3*1-3-2;/h7-9H2,1-6H3;6-7H2,1-5H3;2*5H2,1-4H3;3*3H,1-2H3;1H4. The van der Waals surface area contributed by atoms with Crippen LogP contribution in [-0.4, -0.2) is 277 Å². The zero-order valence-corrected chi connectivity index (χ0v) is 36.4. The van der Waals surface area contributed by atoms with Crippen molar-refractivity contribution in [1.82, 2.24) is 69.8 Å². The highest BCUT2D eigenvalue weighted by Gasteiger charge is 2.04. The van der Waals surface area contributed by atoms with Crippen molar-refractivity contribution in [2.24, 2.45) is 0 Å². The third-order valence-corrected chi connectivity index (χ3v) is 3.71. The van der Waals surface area contributed by atoms with Crippen LogP contribution in [0.3, 0.4) is 0 Å². The van der Waals surface area contributed by atoms with E-state index in [1.54, 1.807) is 0 Å². The number of nitrogens with zero attached hydrogens (tertiary/aromatic N) is 11. The molecule has 0 saturated heterocycles. The van der Waals surface area contributed by atoms with Crippen LogP contribution in [-0.2, 0) is 0 Å². The lowest BCUT2D eigenvalue weighted by atomic mass is 10.6. The summed E-state index contributed by atoms with van der Waals surface area (Å²) in [7, 11) is 50.7. The van der Waals surface area contributed by atoms with E-state index in [-0.39, 0.29) is 7.43 Å². The summed E-state index contributed by atoms with van der Waals surface area (Å²) in [6.45, 7) is 7.07. The molecule has 0 saturated carbocycles. The summed E-state index contributed by atoms with van der Waals surface area (Å²) in [4.78, 5) is 24.0. The molecule has 0 aromatic heterocycles. The Labute approximate surface area is 299 Å². The van der Waals surface area contributed by atoms with Gasteiger partial charge in [-0.3, -0.25) is 53.9 Å². The molecule has 14 nitrogen and oxygen atoms in total. The maximum absolute atomic E-state index is 2.75. The molecule has 0 atom stereocenters. The maximum Gasteiger partial charge on any atom is 0.0523 e. The highest BCUT2D eigenvalue weighted by molar-refractivity contribution is 4.50. The molecule has 0 radical (unpaired) electrons. The van der Waals surface area contributed by atoms with Crippen LogP contribution in [0.1, 0.15) is 7.43 Å². The van der Waals surface area contributed by atoms with Crippen LogP contribution in [0.4, 0.5) is 0 Å². The molecule has 0 spiro atoms. The van der Waals surface area contributed by atoms with Gasteiger partial charge in [0.15, 0.2) is 0 Å². The molecule has 0 amide bonds. The Hall–Kier alpha value is -0.560. The minimum Gasteiger partial charge on any atom is -0.323 e. The second-order valence-corrected chi connectivity index (χ2v) is 13.7. The molecule has 0 heterocycles. The normalized spacial score (nSPS) is 10.5. The van der Waals surface area contributed by atoms with Crippen LogP contribution in [0.25, 0.3) is 0 Å². The van der Waals surface area contributed by atoms with Crippen LogP contribution >= 0.6 is 0 Å². The van der Waals surface area contributed by atoms with E-state index >= 15 is 0 Å². The summed E-state index contributed by atoms with van der Waals surface area (Å²) < 4.78 is 0. The molecule has 0 aliphatic rings. The minimum absolute atomic E-state index is 0. The van der Waals surface area contributed by atoms with Crippen molar-refractivity contribution in [1.29, 1.82) is 0 Å². The van der Waals surface area contributed by atoms with E-state index in [1.165, 1.54) is 0 Å². The monoisotopic (exact) mass is 689 g/mol. The lowest BCUT2D eigenvalue weighted by molar-refractivity contribution is 0.100. The number of nitrogens with one attached hydrogen (secondary N) is 3. The Morgan fingerprint density at radius 1 is 0.234 bits per heavy atom. The highest BCUT2D eigenvalue weighted by atomic mass is 15.4. The summed E-state index contributed by atoms with van der Waals surface area (Å²) in [6, 6.07) is 0. The Morgan fingerprint density at radius 3 is 0.426 bits per heavy atom. The van der Waals surface area contributed by atoms with Gasteiger partial charge in [0.05, 0.1) is 33.3 Å². The molecule has 47 heavy (non-hydrogen) atoms. The minimum atomic E-state index is 0. The van der Waals surface area contributed by atoms with Crippen LogP contribution in [0.5, 0.6) is 0 Å². The number of hydrogen-bond acceptors (Lipinski definition) is 14. The van der Waals surface area contributed by atoms with Gasteiger partial charge in [-0.1, -0.05) is 7.43 Å². The Kier molecular flexibility index (Phi) is 68.8. The van der Waals surface area contributed by atoms with Crippen molar-refractivity contribution in [3.8, 4) is 0 Å². The predicted molar refractivity (Wildman–Crippen MR) is 219 cm³/mol. The summed E-state index contributed by atoms with van der Waals surface area (Å²) >= 11 is 0. The van der Waals surface area contributed by atoms with Gasteiger partial charge in [-0.05, 0) is 176 Å². The largest absolute Gasteiger partial charge is 0.323 e. The summed E-state index contributed by atoms with van der Waals surface area (Å²) in [5, 5.41) is 8.25. The third kappa shape index (κ3) is 114. The fourth-order valence-corrected chi connectivity index (χ4v) is 3.61. The number of hydrogen-bond donors (Lipinski definition) is 3. The molecule has 0 aliphatic carbocycles. The van der Waals surface area contributed by atoms with Crippen molar-refractivity contribution in [2.75, 3.05) is 223 Å². The quantitative estimate of drug-likeness (QED) is 0.216. The zero-order chi connectivity index (χ0) is 38.4. The van der Waals surface area contributed by atoms with Gasteiger partial charge in [0, 0.05) is 13.3 Å². The molecule has 0 aromatic carbocycles. The lowest BCUT2D eigenvalue weighted by Gasteiger charge is -2.28. The smallest absolute Gasteiger partial charge is 0.0523 e. The van der Waals surface area contributed by atoms with Crippen molar-refractivity contribution in [3.63, 3.8) is 0 Å². The lowest BCUT2D eigenvalue weighted by Crippen LogP contribution is -2.41. The molecule has 0 bridgehead atoms. The molecule has 298 valence electrons. The molecule has 0 aliphatic heterocycles. The van der Waals surface area contributed by atoms with Gasteiger partial charge in [0.25, 0.3) is 0 Å². The van der Waals surface area contributed by atoms with Crippen LogP contribution < -0.4 is 16.0 Å². The molecule has 0 fully saturated rings. The van der Waals surface area contributed by atoms with Gasteiger partial charge in [0.2, 0.25) is 0 Å². The van der Waals surface area contributed by atoms with Crippen LogP contribution in [0.2, 0.25) is 0 Å². The van der Waals surface area contributed by atoms with Crippen molar-refractivity contribution >= 4 is 0 Å². The molecule has 3 N–H and O–H groups in total. The van der Waals surface area contributed by atoms with E-state index in [0.717, 1.165) is 46.7 Å². The van der Waals surface area contributed by atoms with E-state index in [4.69, 9.17) is 0 Å². The van der Waals surface area contributed by atoms with Crippen LogP contribution in [0.15, 0.2) is 0 Å². The van der Waals surface area contributed by atoms with Gasteiger partial charge in [-0.2, -0.15) is 0 Å². The van der Waals surface area contributed by atoms with Gasteiger partial charge < -0.3 is 16.0 Å². The third-order valence-electron chi connectivity index (χ3n) is 3.71. The Morgan fingerprint density at radius 2 is 0.340 bits per heavy atom. The van der Waals surface area contributed by atoms with Gasteiger partial charge in [-0.25, -0.2) is 0 Å². The maximum atomic E-state index is 2.75. The van der Waals surface area contributed by atoms with E-state index in [9.17, 15) is 0 Å². The first kappa shape index (κ1) is 64.9. The first-order valence-corrected chi connectivity index (χ1v) is 15.9. The highest BCUT2D eigenvalue weighted by Crippen LogP contribution is 1.90. The van der Waals surface area contributed by atoms with Crippen molar-refractivity contribution in [2.45, 2.75) is 7.43 Å². The molecule has 0 rings (SSSR count). The Bertz CT molecular complexity index is 437. The molecule has 0 unspecified atom stereocenters. The second-order valence-electron chi connectivity index (χ2n) is 13.7. The predicted octanol–water partition coefficient (Wildman–Crippen LogP) is 0.0792. The SMILES string of the molecule is C.CN(C)CN(C)C.CN(C)CN(C)C.CN(C)CN(C)CN(C)C.CN(C)CN(C)CN(C)CN(C)C.CNC.CNC.CNC. The van der Waals surface area contributed by atoms with E-state index in [0.29, 0.717) is 0 Å². The topological polar surface area (TPSA) is 71.7 Å². The average molecular weight is 689 g/mol. The van der Waals surface area contributed by atoms with Gasteiger partial charge in [-0.15, -0.1) is 0 Å². The van der Waals surface area contributed by atoms with E-state index < -0.39 is 0 Å². The van der Waals surface area contributed by atoms with Gasteiger partial charge in [0.1, 0.15) is 0 Å². The average Bonchev–Trinajstić information content (AvgIpc) is 2.77. The summed E-state index contributed by atoms with van der Waals surface area (Å²) in [5.41, 5.74) is 0. The molecule has 0 aromatic rings. The summed E-state index contributed by atoms with van der Waals surface area (Å²) in [6.07, 6.45) is 0. The van der Waals surface area contributed by atoms with E-state index in [2.05, 4.69) is 204 Å². The second kappa shape index (κ2) is 49.8. The first-order valence-electron chi connectivity index (χ1n) is 15.9. The Balaban J connectivity index is -0.0000000671. The number of rotatable bonds is 14. The van der Waals surface area contributed by atoms with Crippen molar-refractivity contribution in [3.05, 3.63) is 0 Å². The fraction of sp³-hybridized carbons (Fsp3) is 1.00. The van der Waals surface area contributed by atoms with Gasteiger partial charge >= 0.3 is 0 Å². The van der Waals surface area contributed by atoms with Crippen LogP contribution in [0, 0.1) is 0 Å². The molecular weight excluding hydrogens is 592 g/mol. The molecule has 14 heteroatoms. The van der Waals surface area contributed by atoms with E-state index in [1.807, 2.05) is 42.3 Å². The zero-order valence-electron chi connectivity index (χ0n) is 36.4. The fourth-order valence-electron chi connectivity index (χ4n) is 3.61. The first-order chi connectivity index (χ1) is 20.9. The molecular formula is C33H96N14. The van der Waals surface area contributed by atoms with Crippen molar-refractivity contribution < 1.29 is 0 Å². The summed E-state index contributed by atoms with van der Waals surface area (Å²) in [5.74, 6) is 0.